The van der Waals surface area contributed by atoms with E-state index in [0.717, 1.165) is 24.0 Å². The maximum atomic E-state index is 11.7. The Morgan fingerprint density at radius 1 is 1.40 bits per heavy atom. The molecule has 1 amide bonds. The van der Waals surface area contributed by atoms with Gasteiger partial charge in [-0.2, -0.15) is 0 Å². The zero-order valence-corrected chi connectivity index (χ0v) is 12.5. The summed E-state index contributed by atoms with van der Waals surface area (Å²) in [6.45, 7) is 7.68. The summed E-state index contributed by atoms with van der Waals surface area (Å²) in [5.41, 5.74) is 1.95. The molecule has 4 nitrogen and oxygen atoms in total. The highest BCUT2D eigenvalue weighted by Crippen LogP contribution is 2.39. The molecule has 4 heteroatoms. The number of rotatable bonds is 2. The minimum atomic E-state index is -0.234. The van der Waals surface area contributed by atoms with E-state index >= 15 is 0 Å². The summed E-state index contributed by atoms with van der Waals surface area (Å²) in [6, 6.07) is 5.83. The first-order chi connectivity index (χ1) is 9.46. The third-order valence-electron chi connectivity index (χ3n) is 4.20. The average Bonchev–Trinajstić information content (AvgIpc) is 2.39. The monoisotopic (exact) mass is 277 g/mol. The number of carbonyl (C=O) groups excluding carboxylic acids is 1. The second kappa shape index (κ2) is 5.73. The van der Waals surface area contributed by atoms with Gasteiger partial charge in [0.25, 0.3) is 0 Å². The van der Waals surface area contributed by atoms with Crippen LogP contribution in [-0.2, 0) is 10.2 Å². The number of piperidine rings is 1. The standard InChI is InChI=1S/C16H23NO3/c1-4-20-15(19)17-9-7-16(3,8-10-17)13-6-5-12(2)11-14(13)18/h5-6,11,18H,4,7-10H2,1-3H3. The van der Waals surface area contributed by atoms with E-state index in [1.165, 1.54) is 0 Å². The Bertz CT molecular complexity index is 490. The summed E-state index contributed by atoms with van der Waals surface area (Å²) < 4.78 is 5.03. The molecule has 1 fully saturated rings. The van der Waals surface area contributed by atoms with Crippen molar-refractivity contribution in [3.05, 3.63) is 29.3 Å². The van der Waals surface area contributed by atoms with E-state index in [2.05, 4.69) is 6.92 Å². The van der Waals surface area contributed by atoms with E-state index in [4.69, 9.17) is 4.74 Å². The van der Waals surface area contributed by atoms with Crippen LogP contribution in [0.25, 0.3) is 0 Å². The lowest BCUT2D eigenvalue weighted by Gasteiger charge is -2.39. The van der Waals surface area contributed by atoms with E-state index in [0.29, 0.717) is 25.4 Å². The topological polar surface area (TPSA) is 49.8 Å². The molecular formula is C16H23NO3. The van der Waals surface area contributed by atoms with Crippen molar-refractivity contribution >= 4 is 6.09 Å². The number of aromatic hydroxyl groups is 1. The fourth-order valence-electron chi connectivity index (χ4n) is 2.82. The molecule has 0 unspecified atom stereocenters. The molecule has 2 rings (SSSR count). The van der Waals surface area contributed by atoms with E-state index in [1.54, 1.807) is 11.0 Å². The summed E-state index contributed by atoms with van der Waals surface area (Å²) in [7, 11) is 0. The second-order valence-electron chi connectivity index (χ2n) is 5.77. The quantitative estimate of drug-likeness (QED) is 0.903. The summed E-state index contributed by atoms with van der Waals surface area (Å²) >= 11 is 0. The SMILES string of the molecule is CCOC(=O)N1CCC(C)(c2ccc(C)cc2O)CC1. The van der Waals surface area contributed by atoms with E-state index in [1.807, 2.05) is 26.0 Å². The van der Waals surface area contributed by atoms with Crippen LogP contribution in [0.2, 0.25) is 0 Å². The number of likely N-dealkylation sites (tertiary alicyclic amines) is 1. The lowest BCUT2D eigenvalue weighted by atomic mass is 9.74. The lowest BCUT2D eigenvalue weighted by molar-refractivity contribution is 0.0882. The van der Waals surface area contributed by atoms with Crippen molar-refractivity contribution in [2.24, 2.45) is 0 Å². The Morgan fingerprint density at radius 2 is 2.05 bits per heavy atom. The highest BCUT2D eigenvalue weighted by molar-refractivity contribution is 5.67. The molecule has 1 aromatic carbocycles. The molecule has 0 spiro atoms. The van der Waals surface area contributed by atoms with Crippen LogP contribution < -0.4 is 0 Å². The van der Waals surface area contributed by atoms with Crippen molar-refractivity contribution < 1.29 is 14.6 Å². The highest BCUT2D eigenvalue weighted by atomic mass is 16.6. The van der Waals surface area contributed by atoms with Crippen LogP contribution in [0.3, 0.4) is 0 Å². The van der Waals surface area contributed by atoms with Crippen molar-refractivity contribution in [1.29, 1.82) is 0 Å². The van der Waals surface area contributed by atoms with E-state index < -0.39 is 0 Å². The molecule has 1 aliphatic heterocycles. The van der Waals surface area contributed by atoms with Crippen molar-refractivity contribution in [2.75, 3.05) is 19.7 Å². The van der Waals surface area contributed by atoms with E-state index in [9.17, 15) is 9.90 Å². The van der Waals surface area contributed by atoms with Crippen molar-refractivity contribution in [3.63, 3.8) is 0 Å². The van der Waals surface area contributed by atoms with Crippen LogP contribution in [0.5, 0.6) is 5.75 Å². The van der Waals surface area contributed by atoms with Gasteiger partial charge in [-0.05, 0) is 49.3 Å². The maximum Gasteiger partial charge on any atom is 0.409 e. The first-order valence-electron chi connectivity index (χ1n) is 7.18. The number of carbonyl (C=O) groups is 1. The Labute approximate surface area is 120 Å². The molecule has 110 valence electrons. The Hall–Kier alpha value is -1.71. The first-order valence-corrected chi connectivity index (χ1v) is 7.18. The molecule has 20 heavy (non-hydrogen) atoms. The number of aryl methyl sites for hydroxylation is 1. The number of phenols is 1. The minimum Gasteiger partial charge on any atom is -0.508 e. The molecule has 0 bridgehead atoms. The predicted molar refractivity (Wildman–Crippen MR) is 78.0 cm³/mol. The number of benzene rings is 1. The van der Waals surface area contributed by atoms with Gasteiger partial charge in [0.15, 0.2) is 0 Å². The number of hydrogen-bond donors (Lipinski definition) is 1. The van der Waals surface area contributed by atoms with Gasteiger partial charge >= 0.3 is 6.09 Å². The summed E-state index contributed by atoms with van der Waals surface area (Å²) in [4.78, 5) is 13.5. The first kappa shape index (κ1) is 14.7. The third-order valence-corrected chi connectivity index (χ3v) is 4.20. The number of ether oxygens (including phenoxy) is 1. The third kappa shape index (κ3) is 2.89. The van der Waals surface area contributed by atoms with Gasteiger partial charge < -0.3 is 14.7 Å². The van der Waals surface area contributed by atoms with Crippen molar-refractivity contribution in [1.82, 2.24) is 4.90 Å². The van der Waals surface area contributed by atoms with Crippen LogP contribution in [0, 0.1) is 6.92 Å². The molecule has 0 saturated carbocycles. The molecule has 1 heterocycles. The highest BCUT2D eigenvalue weighted by Gasteiger charge is 2.35. The van der Waals surface area contributed by atoms with Gasteiger partial charge in [-0.15, -0.1) is 0 Å². The van der Waals surface area contributed by atoms with Crippen LogP contribution in [0.15, 0.2) is 18.2 Å². The van der Waals surface area contributed by atoms with Gasteiger partial charge in [-0.1, -0.05) is 19.1 Å². The van der Waals surface area contributed by atoms with E-state index in [-0.39, 0.29) is 11.5 Å². The molecular weight excluding hydrogens is 254 g/mol. The van der Waals surface area contributed by atoms with Gasteiger partial charge in [0, 0.05) is 13.1 Å². The molecule has 1 aromatic rings. The number of hydrogen-bond acceptors (Lipinski definition) is 3. The second-order valence-corrected chi connectivity index (χ2v) is 5.77. The molecule has 1 saturated heterocycles. The van der Waals surface area contributed by atoms with Gasteiger partial charge in [0.05, 0.1) is 6.61 Å². The number of amides is 1. The number of nitrogens with zero attached hydrogens (tertiary/aromatic N) is 1. The average molecular weight is 277 g/mol. The van der Waals surface area contributed by atoms with Crippen molar-refractivity contribution in [2.45, 2.75) is 39.0 Å². The van der Waals surface area contributed by atoms with Gasteiger partial charge in [-0.25, -0.2) is 4.79 Å². The molecule has 0 aromatic heterocycles. The number of phenolic OH excluding ortho intramolecular Hbond substituents is 1. The fourth-order valence-corrected chi connectivity index (χ4v) is 2.82. The summed E-state index contributed by atoms with van der Waals surface area (Å²) in [5, 5.41) is 10.2. The van der Waals surface area contributed by atoms with Crippen LogP contribution in [-0.4, -0.2) is 35.8 Å². The normalized spacial score (nSPS) is 17.9. The largest absolute Gasteiger partial charge is 0.508 e. The van der Waals surface area contributed by atoms with Crippen LogP contribution >= 0.6 is 0 Å². The lowest BCUT2D eigenvalue weighted by Crippen LogP contribution is -2.44. The summed E-state index contributed by atoms with van der Waals surface area (Å²) in [5.74, 6) is 0.358. The van der Waals surface area contributed by atoms with Crippen LogP contribution in [0.4, 0.5) is 4.79 Å². The Morgan fingerprint density at radius 3 is 2.60 bits per heavy atom. The fraction of sp³-hybridized carbons (Fsp3) is 0.562. The molecule has 0 aliphatic carbocycles. The maximum absolute atomic E-state index is 11.7. The Balaban J connectivity index is 2.09. The van der Waals surface area contributed by atoms with Gasteiger partial charge in [-0.3, -0.25) is 0 Å². The molecule has 0 radical (unpaired) electrons. The van der Waals surface area contributed by atoms with Crippen molar-refractivity contribution in [3.8, 4) is 5.75 Å². The molecule has 1 aliphatic rings. The van der Waals surface area contributed by atoms with Crippen LogP contribution in [0.1, 0.15) is 37.8 Å². The minimum absolute atomic E-state index is 0.0826. The van der Waals surface area contributed by atoms with Gasteiger partial charge in [0.2, 0.25) is 0 Å². The summed E-state index contributed by atoms with van der Waals surface area (Å²) in [6.07, 6.45) is 1.44. The molecule has 1 N–H and O–H groups in total. The Kier molecular flexibility index (Phi) is 4.21. The smallest absolute Gasteiger partial charge is 0.409 e. The predicted octanol–water partition coefficient (Wildman–Crippen LogP) is 3.21. The molecule has 0 atom stereocenters. The van der Waals surface area contributed by atoms with Gasteiger partial charge in [0.1, 0.15) is 5.75 Å². The zero-order chi connectivity index (χ0) is 14.8. The zero-order valence-electron chi connectivity index (χ0n) is 12.5.